The fraction of sp³-hybridized carbons (Fsp3) is 0.619. The molecule has 0 radical (unpaired) electrons. The lowest BCUT2D eigenvalue weighted by Gasteiger charge is -2.41. The van der Waals surface area contributed by atoms with Gasteiger partial charge in [-0.15, -0.1) is 11.8 Å². The molecule has 24 heavy (non-hydrogen) atoms. The van der Waals surface area contributed by atoms with Crippen LogP contribution in [-0.4, -0.2) is 27.7 Å². The SMILES string of the molecule is CC(C)=CC[C@@H](Sc1ccccc1)[C@@](C)(O)[C@H]1CC[C@@]2(C)O[C@H]2C1. The van der Waals surface area contributed by atoms with Gasteiger partial charge in [-0.25, -0.2) is 0 Å². The number of fused-ring (bicyclic) bond motifs is 1. The predicted octanol–water partition coefficient (Wildman–Crippen LogP) is 5.21. The van der Waals surface area contributed by atoms with Gasteiger partial charge in [0.25, 0.3) is 0 Å². The van der Waals surface area contributed by atoms with E-state index in [0.717, 1.165) is 25.7 Å². The van der Waals surface area contributed by atoms with E-state index >= 15 is 0 Å². The first-order valence-corrected chi connectivity index (χ1v) is 9.94. The summed E-state index contributed by atoms with van der Waals surface area (Å²) >= 11 is 1.81. The second kappa shape index (κ2) is 6.86. The number of hydrogen-bond donors (Lipinski definition) is 1. The monoisotopic (exact) mass is 346 g/mol. The van der Waals surface area contributed by atoms with Gasteiger partial charge in [0, 0.05) is 10.1 Å². The molecule has 3 rings (SSSR count). The lowest BCUT2D eigenvalue weighted by Crippen LogP contribution is -2.46. The van der Waals surface area contributed by atoms with E-state index in [4.69, 9.17) is 4.74 Å². The zero-order chi connectivity index (χ0) is 17.4. The molecule has 0 spiro atoms. The third-order valence-electron chi connectivity index (χ3n) is 5.76. The maximum absolute atomic E-state index is 11.5. The Hall–Kier alpha value is -0.770. The number of hydrogen-bond acceptors (Lipinski definition) is 3. The third kappa shape index (κ3) is 3.89. The first-order chi connectivity index (χ1) is 11.3. The molecular formula is C21H30O2S. The van der Waals surface area contributed by atoms with Gasteiger partial charge in [-0.05, 0) is 71.4 Å². The van der Waals surface area contributed by atoms with Gasteiger partial charge in [0.15, 0.2) is 0 Å². The summed E-state index contributed by atoms with van der Waals surface area (Å²) in [5.41, 5.74) is 0.722. The van der Waals surface area contributed by atoms with Gasteiger partial charge in [-0.2, -0.15) is 0 Å². The molecule has 2 fully saturated rings. The molecule has 1 aliphatic heterocycles. The Morgan fingerprint density at radius 1 is 1.42 bits per heavy atom. The van der Waals surface area contributed by atoms with Gasteiger partial charge in [0.2, 0.25) is 0 Å². The van der Waals surface area contributed by atoms with E-state index in [0.29, 0.717) is 12.0 Å². The molecule has 2 nitrogen and oxygen atoms in total. The minimum Gasteiger partial charge on any atom is -0.389 e. The number of epoxide rings is 1. The van der Waals surface area contributed by atoms with Gasteiger partial charge in [0.05, 0.1) is 17.3 Å². The number of ether oxygens (including phenoxy) is 1. The highest BCUT2D eigenvalue weighted by Crippen LogP contribution is 2.53. The summed E-state index contributed by atoms with van der Waals surface area (Å²) in [7, 11) is 0. The van der Waals surface area contributed by atoms with Crippen LogP contribution in [0.3, 0.4) is 0 Å². The molecule has 1 saturated carbocycles. The molecule has 1 N–H and O–H groups in total. The van der Waals surface area contributed by atoms with Crippen molar-refractivity contribution in [3.8, 4) is 0 Å². The van der Waals surface area contributed by atoms with Crippen LogP contribution < -0.4 is 0 Å². The molecule has 1 heterocycles. The Balaban J connectivity index is 1.76. The van der Waals surface area contributed by atoms with E-state index in [9.17, 15) is 5.11 Å². The van der Waals surface area contributed by atoms with Crippen LogP contribution in [0.5, 0.6) is 0 Å². The topological polar surface area (TPSA) is 32.8 Å². The normalized spacial score (nSPS) is 32.4. The van der Waals surface area contributed by atoms with Crippen molar-refractivity contribution in [3.05, 3.63) is 42.0 Å². The molecule has 1 aromatic carbocycles. The zero-order valence-electron chi connectivity index (χ0n) is 15.3. The third-order valence-corrected chi connectivity index (χ3v) is 7.26. The number of rotatable bonds is 6. The molecule has 2 aliphatic rings. The van der Waals surface area contributed by atoms with E-state index in [1.807, 2.05) is 24.8 Å². The van der Waals surface area contributed by atoms with Crippen LogP contribution in [0, 0.1) is 5.92 Å². The molecular weight excluding hydrogens is 316 g/mol. The predicted molar refractivity (Wildman–Crippen MR) is 101 cm³/mol. The smallest absolute Gasteiger partial charge is 0.0920 e. The largest absolute Gasteiger partial charge is 0.389 e. The molecule has 1 aromatic rings. The van der Waals surface area contributed by atoms with E-state index < -0.39 is 5.60 Å². The zero-order valence-corrected chi connectivity index (χ0v) is 16.1. The van der Waals surface area contributed by atoms with E-state index in [1.165, 1.54) is 10.5 Å². The van der Waals surface area contributed by atoms with Gasteiger partial charge in [0.1, 0.15) is 0 Å². The van der Waals surface area contributed by atoms with Crippen LogP contribution in [0.1, 0.15) is 53.4 Å². The number of benzene rings is 1. The first kappa shape index (κ1) is 18.0. The van der Waals surface area contributed by atoms with Crippen LogP contribution in [0.2, 0.25) is 0 Å². The van der Waals surface area contributed by atoms with Crippen molar-refractivity contribution in [3.63, 3.8) is 0 Å². The summed E-state index contributed by atoms with van der Waals surface area (Å²) in [5, 5.41) is 11.6. The van der Waals surface area contributed by atoms with Crippen LogP contribution in [0.15, 0.2) is 46.9 Å². The fourth-order valence-corrected chi connectivity index (χ4v) is 5.12. The van der Waals surface area contributed by atoms with Crippen molar-refractivity contribution in [2.45, 2.75) is 80.8 Å². The Morgan fingerprint density at radius 3 is 2.75 bits per heavy atom. The molecule has 132 valence electrons. The Bertz CT molecular complexity index is 591. The summed E-state index contributed by atoms with van der Waals surface area (Å²) in [6, 6.07) is 10.5. The van der Waals surface area contributed by atoms with Gasteiger partial charge >= 0.3 is 0 Å². The molecule has 1 saturated heterocycles. The molecule has 5 atom stereocenters. The molecule has 0 bridgehead atoms. The van der Waals surface area contributed by atoms with Crippen LogP contribution in [0.4, 0.5) is 0 Å². The summed E-state index contributed by atoms with van der Waals surface area (Å²) in [6.45, 7) is 8.51. The molecule has 1 aliphatic carbocycles. The Kier molecular flexibility index (Phi) is 5.15. The van der Waals surface area contributed by atoms with Gasteiger partial charge < -0.3 is 9.84 Å². The summed E-state index contributed by atoms with van der Waals surface area (Å²) in [6.07, 6.45) is 6.63. The maximum atomic E-state index is 11.5. The number of aliphatic hydroxyl groups is 1. The lowest BCUT2D eigenvalue weighted by molar-refractivity contribution is -0.0164. The molecule has 0 amide bonds. The molecule has 0 unspecified atom stereocenters. The second-order valence-corrected chi connectivity index (χ2v) is 9.33. The summed E-state index contributed by atoms with van der Waals surface area (Å²) in [5.74, 6) is 0.310. The van der Waals surface area contributed by atoms with Crippen molar-refractivity contribution < 1.29 is 9.84 Å². The van der Waals surface area contributed by atoms with Crippen molar-refractivity contribution in [2.24, 2.45) is 5.92 Å². The van der Waals surface area contributed by atoms with Crippen molar-refractivity contribution in [2.75, 3.05) is 0 Å². The Labute approximate surface area is 150 Å². The fourth-order valence-electron chi connectivity index (χ4n) is 3.85. The maximum Gasteiger partial charge on any atom is 0.0920 e. The summed E-state index contributed by atoms with van der Waals surface area (Å²) in [4.78, 5) is 1.23. The van der Waals surface area contributed by atoms with Gasteiger partial charge in [-0.1, -0.05) is 29.8 Å². The highest BCUT2D eigenvalue weighted by Gasteiger charge is 2.58. The average molecular weight is 347 g/mol. The minimum atomic E-state index is -0.695. The number of thioether (sulfide) groups is 1. The average Bonchev–Trinajstić information content (AvgIpc) is 3.22. The highest BCUT2D eigenvalue weighted by molar-refractivity contribution is 8.00. The van der Waals surface area contributed by atoms with E-state index in [1.54, 1.807) is 0 Å². The number of allylic oxidation sites excluding steroid dienone is 2. The molecule has 3 heteroatoms. The summed E-state index contributed by atoms with van der Waals surface area (Å²) < 4.78 is 5.86. The molecule has 0 aromatic heterocycles. The highest BCUT2D eigenvalue weighted by atomic mass is 32.2. The first-order valence-electron chi connectivity index (χ1n) is 9.06. The van der Waals surface area contributed by atoms with E-state index in [2.05, 4.69) is 51.1 Å². The van der Waals surface area contributed by atoms with Crippen LogP contribution in [-0.2, 0) is 4.74 Å². The van der Waals surface area contributed by atoms with Crippen molar-refractivity contribution in [1.82, 2.24) is 0 Å². The van der Waals surface area contributed by atoms with Crippen LogP contribution >= 0.6 is 11.8 Å². The van der Waals surface area contributed by atoms with Crippen LogP contribution in [0.25, 0.3) is 0 Å². The van der Waals surface area contributed by atoms with Gasteiger partial charge in [-0.3, -0.25) is 0 Å². The minimum absolute atomic E-state index is 0.106. The Morgan fingerprint density at radius 2 is 2.12 bits per heavy atom. The second-order valence-electron chi connectivity index (χ2n) is 8.05. The lowest BCUT2D eigenvalue weighted by atomic mass is 9.73. The van der Waals surface area contributed by atoms with E-state index in [-0.39, 0.29) is 10.9 Å². The van der Waals surface area contributed by atoms with Crippen molar-refractivity contribution in [1.29, 1.82) is 0 Å². The standard InChI is InChI=1S/C21H30O2S/c1-15(2)10-11-19(24-17-8-6-5-7-9-17)21(4,22)16-12-13-20(3)18(14-16)23-20/h5-10,16,18-19,22H,11-14H2,1-4H3/t16-,18-,19+,20+,21-/m0/s1. The van der Waals surface area contributed by atoms with Crippen molar-refractivity contribution >= 4 is 11.8 Å². The quantitative estimate of drug-likeness (QED) is 0.436.